The summed E-state index contributed by atoms with van der Waals surface area (Å²) in [5, 5.41) is 0. The third kappa shape index (κ3) is 4.13. The number of aryl methyl sites for hydroxylation is 2. The molecular formula is C14H20O4. The van der Waals surface area contributed by atoms with Gasteiger partial charge in [0, 0.05) is 7.11 Å². The van der Waals surface area contributed by atoms with Gasteiger partial charge >= 0.3 is 5.97 Å². The highest BCUT2D eigenvalue weighted by molar-refractivity contribution is 5.74. The zero-order chi connectivity index (χ0) is 13.5. The Morgan fingerprint density at radius 2 is 1.78 bits per heavy atom. The van der Waals surface area contributed by atoms with E-state index in [0.717, 1.165) is 16.7 Å². The lowest BCUT2D eigenvalue weighted by Gasteiger charge is -2.12. The number of carbonyl (C=O) groups is 1. The van der Waals surface area contributed by atoms with E-state index in [1.165, 1.54) is 0 Å². The predicted molar refractivity (Wildman–Crippen MR) is 69.0 cm³/mol. The number of methoxy groups -OCH3 is 1. The summed E-state index contributed by atoms with van der Waals surface area (Å²) in [5.41, 5.74) is 3.03. The van der Waals surface area contributed by atoms with Crippen LogP contribution in [0.5, 0.6) is 5.75 Å². The largest absolute Gasteiger partial charge is 0.424 e. The SMILES string of the molecule is COCCOCC(=O)Oc1c(C)ccc(C)c1C. The predicted octanol–water partition coefficient (Wildman–Crippen LogP) is 2.18. The quantitative estimate of drug-likeness (QED) is 0.442. The van der Waals surface area contributed by atoms with Crippen LogP contribution in [0.3, 0.4) is 0 Å². The van der Waals surface area contributed by atoms with Crippen molar-refractivity contribution >= 4 is 5.97 Å². The summed E-state index contributed by atoms with van der Waals surface area (Å²) >= 11 is 0. The van der Waals surface area contributed by atoms with E-state index in [1.807, 2.05) is 32.9 Å². The lowest BCUT2D eigenvalue weighted by molar-refractivity contribution is -0.140. The first-order chi connectivity index (χ1) is 8.56. The summed E-state index contributed by atoms with van der Waals surface area (Å²) < 4.78 is 15.3. The number of hydrogen-bond donors (Lipinski definition) is 0. The van der Waals surface area contributed by atoms with Crippen LogP contribution in [0.4, 0.5) is 0 Å². The van der Waals surface area contributed by atoms with Gasteiger partial charge in [-0.25, -0.2) is 4.79 Å². The second-order valence-electron chi connectivity index (χ2n) is 4.17. The molecule has 100 valence electrons. The summed E-state index contributed by atoms with van der Waals surface area (Å²) in [4.78, 5) is 11.6. The third-order valence-electron chi connectivity index (χ3n) is 2.74. The molecule has 0 radical (unpaired) electrons. The minimum Gasteiger partial charge on any atom is -0.424 e. The van der Waals surface area contributed by atoms with Crippen molar-refractivity contribution < 1.29 is 19.0 Å². The molecule has 0 saturated carbocycles. The van der Waals surface area contributed by atoms with Crippen molar-refractivity contribution in [3.8, 4) is 5.75 Å². The number of ether oxygens (including phenoxy) is 3. The molecule has 1 rings (SSSR count). The van der Waals surface area contributed by atoms with Crippen LogP contribution in [0, 0.1) is 20.8 Å². The molecule has 0 saturated heterocycles. The average molecular weight is 252 g/mol. The van der Waals surface area contributed by atoms with Gasteiger partial charge in [-0.05, 0) is 37.5 Å². The second kappa shape index (κ2) is 7.13. The molecule has 18 heavy (non-hydrogen) atoms. The number of carbonyl (C=O) groups excluding carboxylic acids is 1. The first kappa shape index (κ1) is 14.7. The zero-order valence-corrected chi connectivity index (χ0v) is 11.4. The lowest BCUT2D eigenvalue weighted by Crippen LogP contribution is -2.18. The number of rotatable bonds is 6. The van der Waals surface area contributed by atoms with Crippen LogP contribution in [0.25, 0.3) is 0 Å². The van der Waals surface area contributed by atoms with E-state index < -0.39 is 0 Å². The van der Waals surface area contributed by atoms with Crippen molar-refractivity contribution in [3.63, 3.8) is 0 Å². The molecule has 0 unspecified atom stereocenters. The van der Waals surface area contributed by atoms with Gasteiger partial charge in [0.25, 0.3) is 0 Å². The summed E-state index contributed by atoms with van der Waals surface area (Å²) in [5.74, 6) is 0.248. The Bertz CT molecular complexity index is 413. The Labute approximate surface area is 108 Å². The number of hydrogen-bond acceptors (Lipinski definition) is 4. The average Bonchev–Trinajstić information content (AvgIpc) is 2.35. The van der Waals surface area contributed by atoms with Gasteiger partial charge < -0.3 is 14.2 Å². The maximum absolute atomic E-state index is 11.6. The molecule has 0 aliphatic heterocycles. The smallest absolute Gasteiger partial charge is 0.337 e. The fourth-order valence-electron chi connectivity index (χ4n) is 1.52. The van der Waals surface area contributed by atoms with E-state index in [-0.39, 0.29) is 12.6 Å². The molecule has 0 N–H and O–H groups in total. The number of esters is 1. The standard InChI is InChI=1S/C14H20O4/c1-10-5-6-11(2)14(12(10)3)18-13(15)9-17-8-7-16-4/h5-6H,7-9H2,1-4H3. The Balaban J connectivity index is 2.57. The van der Waals surface area contributed by atoms with Crippen LogP contribution in [-0.2, 0) is 14.3 Å². The van der Waals surface area contributed by atoms with E-state index in [2.05, 4.69) is 0 Å². The first-order valence-corrected chi connectivity index (χ1v) is 5.90. The van der Waals surface area contributed by atoms with Crippen LogP contribution in [-0.4, -0.2) is 32.9 Å². The topological polar surface area (TPSA) is 44.8 Å². The van der Waals surface area contributed by atoms with Gasteiger partial charge in [-0.3, -0.25) is 0 Å². The fourth-order valence-corrected chi connectivity index (χ4v) is 1.52. The zero-order valence-electron chi connectivity index (χ0n) is 11.4. The van der Waals surface area contributed by atoms with Crippen molar-refractivity contribution in [1.82, 2.24) is 0 Å². The third-order valence-corrected chi connectivity index (χ3v) is 2.74. The van der Waals surface area contributed by atoms with Crippen molar-refractivity contribution in [1.29, 1.82) is 0 Å². The van der Waals surface area contributed by atoms with Gasteiger partial charge in [-0.15, -0.1) is 0 Å². The van der Waals surface area contributed by atoms with Crippen molar-refractivity contribution in [2.75, 3.05) is 26.9 Å². The van der Waals surface area contributed by atoms with E-state index in [1.54, 1.807) is 7.11 Å². The molecule has 4 nitrogen and oxygen atoms in total. The van der Waals surface area contributed by atoms with Crippen LogP contribution in [0.1, 0.15) is 16.7 Å². The molecule has 0 heterocycles. The van der Waals surface area contributed by atoms with Crippen LogP contribution in [0.15, 0.2) is 12.1 Å². The Morgan fingerprint density at radius 1 is 1.11 bits per heavy atom. The van der Waals surface area contributed by atoms with Gasteiger partial charge in [-0.1, -0.05) is 12.1 Å². The molecule has 0 aliphatic rings. The van der Waals surface area contributed by atoms with E-state index in [9.17, 15) is 4.79 Å². The Kier molecular flexibility index (Phi) is 5.82. The highest BCUT2D eigenvalue weighted by Gasteiger charge is 2.11. The van der Waals surface area contributed by atoms with E-state index in [4.69, 9.17) is 14.2 Å². The van der Waals surface area contributed by atoms with Gasteiger partial charge in [0.15, 0.2) is 0 Å². The molecule has 0 atom stereocenters. The van der Waals surface area contributed by atoms with Crippen LogP contribution < -0.4 is 4.74 Å². The minimum absolute atomic E-state index is 0.0593. The Morgan fingerprint density at radius 3 is 2.44 bits per heavy atom. The highest BCUT2D eigenvalue weighted by atomic mass is 16.6. The fraction of sp³-hybridized carbons (Fsp3) is 0.500. The molecule has 1 aromatic rings. The maximum atomic E-state index is 11.6. The maximum Gasteiger partial charge on any atom is 0.337 e. The molecule has 4 heteroatoms. The van der Waals surface area contributed by atoms with Crippen LogP contribution >= 0.6 is 0 Å². The summed E-state index contributed by atoms with van der Waals surface area (Å²) in [6.45, 7) is 6.64. The van der Waals surface area contributed by atoms with E-state index in [0.29, 0.717) is 19.0 Å². The normalized spacial score (nSPS) is 10.4. The van der Waals surface area contributed by atoms with Crippen molar-refractivity contribution in [3.05, 3.63) is 28.8 Å². The molecule has 0 bridgehead atoms. The molecular weight excluding hydrogens is 232 g/mol. The molecule has 1 aromatic carbocycles. The van der Waals surface area contributed by atoms with Gasteiger partial charge in [0.2, 0.25) is 0 Å². The molecule has 0 spiro atoms. The lowest BCUT2D eigenvalue weighted by atomic mass is 10.1. The molecule has 0 aliphatic carbocycles. The Hall–Kier alpha value is -1.39. The number of benzene rings is 1. The molecule has 0 fully saturated rings. The summed E-state index contributed by atoms with van der Waals surface area (Å²) in [7, 11) is 1.58. The van der Waals surface area contributed by atoms with Crippen molar-refractivity contribution in [2.45, 2.75) is 20.8 Å². The molecule has 0 amide bonds. The summed E-state index contributed by atoms with van der Waals surface area (Å²) in [6, 6.07) is 3.95. The van der Waals surface area contributed by atoms with Crippen LogP contribution in [0.2, 0.25) is 0 Å². The second-order valence-corrected chi connectivity index (χ2v) is 4.17. The minimum atomic E-state index is -0.386. The van der Waals surface area contributed by atoms with E-state index >= 15 is 0 Å². The van der Waals surface area contributed by atoms with Gasteiger partial charge in [-0.2, -0.15) is 0 Å². The monoisotopic (exact) mass is 252 g/mol. The van der Waals surface area contributed by atoms with Gasteiger partial charge in [0.1, 0.15) is 12.4 Å². The highest BCUT2D eigenvalue weighted by Crippen LogP contribution is 2.25. The van der Waals surface area contributed by atoms with Gasteiger partial charge in [0.05, 0.1) is 13.2 Å². The molecule has 0 aromatic heterocycles. The summed E-state index contributed by atoms with van der Waals surface area (Å²) in [6.07, 6.45) is 0. The van der Waals surface area contributed by atoms with Crippen molar-refractivity contribution in [2.24, 2.45) is 0 Å². The first-order valence-electron chi connectivity index (χ1n) is 5.90.